The molecule has 21 heavy (non-hydrogen) atoms. The number of hydrazine groups is 1. The zero-order chi connectivity index (χ0) is 15.2. The fourth-order valence-corrected chi connectivity index (χ4v) is 2.57. The first-order valence-corrected chi connectivity index (χ1v) is 7.20. The smallest absolute Gasteiger partial charge is 0.330 e. The van der Waals surface area contributed by atoms with Crippen LogP contribution >= 0.6 is 0 Å². The molecule has 1 aliphatic heterocycles. The lowest BCUT2D eigenvalue weighted by Gasteiger charge is -2.30. The Kier molecular flexibility index (Phi) is 5.34. The van der Waals surface area contributed by atoms with Crippen LogP contribution in [-0.2, 0) is 9.59 Å². The maximum absolute atomic E-state index is 11.9. The van der Waals surface area contributed by atoms with Gasteiger partial charge in [-0.3, -0.25) is 15.0 Å². The molecule has 1 atom stereocenters. The number of carbonyl (C=O) groups is 3. The molecule has 4 amide bonds. The second-order valence-corrected chi connectivity index (χ2v) is 5.34. The second-order valence-electron chi connectivity index (χ2n) is 5.34. The van der Waals surface area contributed by atoms with Crippen LogP contribution < -0.4 is 32.5 Å². The summed E-state index contributed by atoms with van der Waals surface area (Å²) >= 11 is 0. The molecule has 1 heterocycles. The van der Waals surface area contributed by atoms with E-state index in [1.165, 1.54) is 0 Å². The van der Waals surface area contributed by atoms with Gasteiger partial charge in [0.15, 0.2) is 6.17 Å². The molecule has 118 valence electrons. The van der Waals surface area contributed by atoms with Crippen LogP contribution in [0.2, 0.25) is 0 Å². The molecule has 2 aliphatic rings. The van der Waals surface area contributed by atoms with Gasteiger partial charge in [-0.15, -0.1) is 0 Å². The summed E-state index contributed by atoms with van der Waals surface area (Å²) < 4.78 is 0. The summed E-state index contributed by atoms with van der Waals surface area (Å²) in [5, 5.41) is 8.29. The Morgan fingerprint density at radius 2 is 1.76 bits per heavy atom. The lowest BCUT2D eigenvalue weighted by Crippen LogP contribution is -2.52. The van der Waals surface area contributed by atoms with Gasteiger partial charge in [0.05, 0.1) is 0 Å². The lowest BCUT2D eigenvalue weighted by molar-refractivity contribution is -0.125. The number of urea groups is 1. The minimum absolute atomic E-state index is 0.0195. The van der Waals surface area contributed by atoms with Crippen molar-refractivity contribution < 1.29 is 14.4 Å². The van der Waals surface area contributed by atoms with Gasteiger partial charge in [-0.1, -0.05) is 0 Å². The van der Waals surface area contributed by atoms with Gasteiger partial charge < -0.3 is 21.7 Å². The van der Waals surface area contributed by atoms with Gasteiger partial charge in [-0.2, -0.15) is 0 Å². The number of hydrogen-bond donors (Lipinski definition) is 6. The van der Waals surface area contributed by atoms with Gasteiger partial charge in [0.2, 0.25) is 5.91 Å². The molecule has 2 fully saturated rings. The second kappa shape index (κ2) is 7.23. The van der Waals surface area contributed by atoms with Gasteiger partial charge in [-0.05, 0) is 25.7 Å². The average molecular weight is 298 g/mol. The monoisotopic (exact) mass is 298 g/mol. The molecule has 0 spiro atoms. The third kappa shape index (κ3) is 4.57. The lowest BCUT2D eigenvalue weighted by atomic mass is 9.91. The largest absolute Gasteiger partial charge is 0.353 e. The highest BCUT2D eigenvalue weighted by atomic mass is 16.2. The van der Waals surface area contributed by atoms with Crippen molar-refractivity contribution in [2.45, 2.75) is 50.4 Å². The van der Waals surface area contributed by atoms with E-state index in [4.69, 9.17) is 5.73 Å². The average Bonchev–Trinajstić information content (AvgIpc) is 2.88. The summed E-state index contributed by atoms with van der Waals surface area (Å²) in [6, 6.07) is -0.191. The van der Waals surface area contributed by atoms with Crippen molar-refractivity contribution in [3.63, 3.8) is 0 Å². The Bertz CT molecular complexity index is 408. The molecule has 1 saturated carbocycles. The normalized spacial score (nSPS) is 28.4. The fourth-order valence-electron chi connectivity index (χ4n) is 2.57. The van der Waals surface area contributed by atoms with E-state index in [0.717, 1.165) is 25.7 Å². The number of nitrogens with one attached hydrogen (secondary N) is 5. The highest BCUT2D eigenvalue weighted by molar-refractivity contribution is 5.89. The van der Waals surface area contributed by atoms with E-state index in [9.17, 15) is 14.4 Å². The van der Waals surface area contributed by atoms with E-state index in [0.29, 0.717) is 13.0 Å². The van der Waals surface area contributed by atoms with Crippen LogP contribution in [0.1, 0.15) is 32.1 Å². The van der Waals surface area contributed by atoms with Crippen molar-refractivity contribution in [1.29, 1.82) is 0 Å². The summed E-state index contributed by atoms with van der Waals surface area (Å²) in [7, 11) is 0. The SMILES string of the molecule is NCCC(=O)NC1CCC(NC(=O)C2NNC(=O)N2)CC1. The third-order valence-electron chi connectivity index (χ3n) is 3.68. The Balaban J connectivity index is 1.68. The van der Waals surface area contributed by atoms with E-state index >= 15 is 0 Å². The van der Waals surface area contributed by atoms with Crippen molar-refractivity contribution in [3.05, 3.63) is 0 Å². The predicted octanol–water partition coefficient (Wildman–Crippen LogP) is -1.98. The number of amides is 4. The summed E-state index contributed by atoms with van der Waals surface area (Å²) in [4.78, 5) is 34.3. The third-order valence-corrected chi connectivity index (χ3v) is 3.68. The molecule has 1 saturated heterocycles. The minimum Gasteiger partial charge on any atom is -0.353 e. The number of carbonyl (C=O) groups excluding carboxylic acids is 3. The molecule has 0 aromatic rings. The van der Waals surface area contributed by atoms with Crippen molar-refractivity contribution in [2.24, 2.45) is 5.73 Å². The summed E-state index contributed by atoms with van der Waals surface area (Å²) in [6.07, 6.45) is 2.85. The zero-order valence-electron chi connectivity index (χ0n) is 11.8. The molecule has 0 aromatic heterocycles. The molecule has 0 radical (unpaired) electrons. The van der Waals surface area contributed by atoms with Crippen molar-refractivity contribution in [1.82, 2.24) is 26.8 Å². The Morgan fingerprint density at radius 1 is 1.14 bits per heavy atom. The first kappa shape index (κ1) is 15.5. The summed E-state index contributed by atoms with van der Waals surface area (Å²) in [5.74, 6) is -0.280. The summed E-state index contributed by atoms with van der Waals surface area (Å²) in [5.41, 5.74) is 10.2. The highest BCUT2D eigenvalue weighted by Crippen LogP contribution is 2.18. The fraction of sp³-hybridized carbons (Fsp3) is 0.750. The molecule has 0 aromatic carbocycles. The van der Waals surface area contributed by atoms with Gasteiger partial charge in [0.1, 0.15) is 0 Å². The van der Waals surface area contributed by atoms with Crippen molar-refractivity contribution >= 4 is 17.8 Å². The molecule has 1 unspecified atom stereocenters. The molecular formula is C12H22N6O3. The van der Waals surface area contributed by atoms with E-state index in [2.05, 4.69) is 26.8 Å². The van der Waals surface area contributed by atoms with Crippen LogP contribution in [0.25, 0.3) is 0 Å². The van der Waals surface area contributed by atoms with Gasteiger partial charge >= 0.3 is 6.03 Å². The molecular weight excluding hydrogens is 276 g/mol. The highest BCUT2D eigenvalue weighted by Gasteiger charge is 2.29. The van der Waals surface area contributed by atoms with Gasteiger partial charge in [-0.25, -0.2) is 10.2 Å². The first-order valence-electron chi connectivity index (χ1n) is 7.20. The van der Waals surface area contributed by atoms with E-state index in [-0.39, 0.29) is 23.9 Å². The van der Waals surface area contributed by atoms with E-state index < -0.39 is 12.2 Å². The van der Waals surface area contributed by atoms with Crippen molar-refractivity contribution in [3.8, 4) is 0 Å². The zero-order valence-corrected chi connectivity index (χ0v) is 11.8. The topological polar surface area (TPSA) is 137 Å². The standard InChI is InChI=1S/C12H22N6O3/c13-6-5-9(19)14-7-1-3-8(4-2-7)15-11(20)10-16-12(21)18-17-10/h7-8,10,17H,1-6,13H2,(H,14,19)(H,15,20)(H2,16,18,21). The number of rotatable bonds is 5. The Morgan fingerprint density at radius 3 is 2.29 bits per heavy atom. The van der Waals surface area contributed by atoms with E-state index in [1.807, 2.05) is 0 Å². The van der Waals surface area contributed by atoms with Crippen molar-refractivity contribution in [2.75, 3.05) is 6.54 Å². The maximum Gasteiger partial charge on any atom is 0.330 e. The summed E-state index contributed by atoms with van der Waals surface area (Å²) in [6.45, 7) is 0.353. The molecule has 1 aliphatic carbocycles. The molecule has 9 heteroatoms. The number of hydrogen-bond acceptors (Lipinski definition) is 5. The maximum atomic E-state index is 11.9. The van der Waals surface area contributed by atoms with Crippen LogP contribution in [0.15, 0.2) is 0 Å². The molecule has 7 N–H and O–H groups in total. The Hall–Kier alpha value is -1.87. The predicted molar refractivity (Wildman–Crippen MR) is 74.6 cm³/mol. The minimum atomic E-state index is -0.737. The number of nitrogens with two attached hydrogens (primary N) is 1. The van der Waals surface area contributed by atoms with Crippen LogP contribution in [0.5, 0.6) is 0 Å². The molecule has 2 rings (SSSR count). The first-order chi connectivity index (χ1) is 10.1. The molecule has 0 bridgehead atoms. The van der Waals surface area contributed by atoms with E-state index in [1.54, 1.807) is 0 Å². The van der Waals surface area contributed by atoms with Crippen LogP contribution in [-0.4, -0.2) is 42.6 Å². The van der Waals surface area contributed by atoms with Crippen LogP contribution in [0.4, 0.5) is 4.79 Å². The van der Waals surface area contributed by atoms with Crippen LogP contribution in [0, 0.1) is 0 Å². The quantitative estimate of drug-likeness (QED) is 0.349. The van der Waals surface area contributed by atoms with Crippen LogP contribution in [0.3, 0.4) is 0 Å². The van der Waals surface area contributed by atoms with Gasteiger partial charge in [0.25, 0.3) is 5.91 Å². The molecule has 9 nitrogen and oxygen atoms in total. The van der Waals surface area contributed by atoms with Gasteiger partial charge in [0, 0.05) is 25.0 Å². The Labute approximate surface area is 122 Å².